The molecule has 5 nitrogen and oxygen atoms in total. The second kappa shape index (κ2) is 9.51. The molecule has 31 heavy (non-hydrogen) atoms. The smallest absolute Gasteiger partial charge is 0.255 e. The van der Waals surface area contributed by atoms with E-state index in [1.807, 2.05) is 53.1 Å². The summed E-state index contributed by atoms with van der Waals surface area (Å²) in [4.78, 5) is 35.0. The van der Waals surface area contributed by atoms with Crippen molar-refractivity contribution in [2.24, 2.45) is 0 Å². The van der Waals surface area contributed by atoms with Crippen molar-refractivity contribution in [3.05, 3.63) is 63.4 Å². The maximum Gasteiger partial charge on any atom is 0.255 e. The van der Waals surface area contributed by atoms with Gasteiger partial charge in [0.05, 0.1) is 11.3 Å². The van der Waals surface area contributed by atoms with Crippen LogP contribution in [0.2, 0.25) is 0 Å². The van der Waals surface area contributed by atoms with Gasteiger partial charge in [-0.25, -0.2) is 0 Å². The van der Waals surface area contributed by atoms with Gasteiger partial charge < -0.3 is 9.80 Å². The third-order valence-electron chi connectivity index (χ3n) is 6.60. The Kier molecular flexibility index (Phi) is 6.75. The molecule has 1 atom stereocenters. The van der Waals surface area contributed by atoms with Gasteiger partial charge in [0, 0.05) is 47.3 Å². The number of nitrogens with zero attached hydrogens (tertiary/aromatic N) is 3. The molecule has 2 fully saturated rings. The van der Waals surface area contributed by atoms with Crippen LogP contribution in [0.15, 0.2) is 40.9 Å². The van der Waals surface area contributed by atoms with Crippen molar-refractivity contribution in [1.82, 2.24) is 14.8 Å². The molecule has 164 valence electrons. The quantitative estimate of drug-likeness (QED) is 0.603. The molecule has 0 N–H and O–H groups in total. The van der Waals surface area contributed by atoms with Crippen molar-refractivity contribution < 1.29 is 9.59 Å². The molecule has 4 rings (SSSR count). The lowest BCUT2D eigenvalue weighted by molar-refractivity contribution is 0.0628. The summed E-state index contributed by atoms with van der Waals surface area (Å²) in [6.45, 7) is 6.31. The number of hydrogen-bond donors (Lipinski definition) is 0. The Balaban J connectivity index is 1.50. The number of carbonyl (C=O) groups excluding carboxylic acids is 2. The van der Waals surface area contributed by atoms with E-state index >= 15 is 0 Å². The highest BCUT2D eigenvalue weighted by molar-refractivity contribution is 9.10. The monoisotopic (exact) mass is 483 g/mol. The van der Waals surface area contributed by atoms with Crippen molar-refractivity contribution in [3.8, 4) is 0 Å². The summed E-state index contributed by atoms with van der Waals surface area (Å²) in [5.41, 5.74) is 3.30. The summed E-state index contributed by atoms with van der Waals surface area (Å²) in [6, 6.07) is 11.7. The molecule has 6 heteroatoms. The Hall–Kier alpha value is -2.21. The van der Waals surface area contributed by atoms with Crippen molar-refractivity contribution in [2.75, 3.05) is 19.6 Å². The fourth-order valence-electron chi connectivity index (χ4n) is 4.78. The second-order valence-electron chi connectivity index (χ2n) is 8.81. The first-order chi connectivity index (χ1) is 14.9. The third-order valence-corrected chi connectivity index (χ3v) is 7.09. The largest absolute Gasteiger partial charge is 0.339 e. The Morgan fingerprint density at radius 2 is 1.77 bits per heavy atom. The minimum absolute atomic E-state index is 0.0652. The Morgan fingerprint density at radius 3 is 2.48 bits per heavy atom. The molecule has 0 saturated carbocycles. The normalized spacial score (nSPS) is 20.0. The Morgan fingerprint density at radius 1 is 1.00 bits per heavy atom. The predicted octanol–water partition coefficient (Wildman–Crippen LogP) is 5.19. The van der Waals surface area contributed by atoms with Crippen LogP contribution in [0.25, 0.3) is 0 Å². The number of pyridine rings is 1. The number of halogens is 1. The minimum atomic E-state index is 0.0652. The standard InChI is InChI=1S/C25H30BrN3O2/c1-17-9-10-22(25(31)29-13-4-3-6-18(29)2)23(27-17)19-11-14-28(15-12-19)24(30)20-7-5-8-21(26)16-20/h5,7-10,16,18-19H,3-4,6,11-15H2,1-2H3. The van der Waals surface area contributed by atoms with E-state index in [9.17, 15) is 9.59 Å². The minimum Gasteiger partial charge on any atom is -0.339 e. The molecule has 0 spiro atoms. The van der Waals surface area contributed by atoms with Crippen LogP contribution in [0, 0.1) is 6.92 Å². The van der Waals surface area contributed by atoms with E-state index < -0.39 is 0 Å². The lowest BCUT2D eigenvalue weighted by atomic mass is 9.89. The average molecular weight is 484 g/mol. The summed E-state index contributed by atoms with van der Waals surface area (Å²) in [5.74, 6) is 0.378. The van der Waals surface area contributed by atoms with Crippen LogP contribution in [0.5, 0.6) is 0 Å². The zero-order valence-electron chi connectivity index (χ0n) is 18.3. The highest BCUT2D eigenvalue weighted by Crippen LogP contribution is 2.32. The fourth-order valence-corrected chi connectivity index (χ4v) is 5.18. The molecule has 1 aromatic carbocycles. The predicted molar refractivity (Wildman–Crippen MR) is 125 cm³/mol. The van der Waals surface area contributed by atoms with Gasteiger partial charge >= 0.3 is 0 Å². The van der Waals surface area contributed by atoms with Gasteiger partial charge in [0.2, 0.25) is 0 Å². The number of aryl methyl sites for hydroxylation is 1. The van der Waals surface area contributed by atoms with E-state index in [1.54, 1.807) is 0 Å². The lowest BCUT2D eigenvalue weighted by Gasteiger charge is -2.35. The number of benzene rings is 1. The average Bonchev–Trinajstić information content (AvgIpc) is 2.78. The van der Waals surface area contributed by atoms with Gasteiger partial charge in [0.25, 0.3) is 11.8 Å². The van der Waals surface area contributed by atoms with Gasteiger partial charge in [-0.1, -0.05) is 22.0 Å². The van der Waals surface area contributed by atoms with E-state index in [0.29, 0.717) is 18.7 Å². The van der Waals surface area contributed by atoms with Crippen molar-refractivity contribution in [1.29, 1.82) is 0 Å². The van der Waals surface area contributed by atoms with Gasteiger partial charge in [-0.15, -0.1) is 0 Å². The first kappa shape index (κ1) is 22.0. The maximum atomic E-state index is 13.4. The molecule has 2 aliphatic heterocycles. The second-order valence-corrected chi connectivity index (χ2v) is 9.72. The molecule has 0 bridgehead atoms. The molecular weight excluding hydrogens is 454 g/mol. The van der Waals surface area contributed by atoms with Gasteiger partial charge in [0.15, 0.2) is 0 Å². The summed E-state index contributed by atoms with van der Waals surface area (Å²) in [7, 11) is 0. The summed E-state index contributed by atoms with van der Waals surface area (Å²) in [6.07, 6.45) is 4.98. The first-order valence-electron chi connectivity index (χ1n) is 11.3. The van der Waals surface area contributed by atoms with Gasteiger partial charge in [-0.3, -0.25) is 14.6 Å². The van der Waals surface area contributed by atoms with Crippen molar-refractivity contribution in [3.63, 3.8) is 0 Å². The molecule has 2 aromatic rings. The highest BCUT2D eigenvalue weighted by atomic mass is 79.9. The summed E-state index contributed by atoms with van der Waals surface area (Å²) >= 11 is 3.44. The molecule has 2 aliphatic rings. The zero-order chi connectivity index (χ0) is 22.0. The number of piperidine rings is 2. The molecular formula is C25H30BrN3O2. The first-order valence-corrected chi connectivity index (χ1v) is 12.1. The lowest BCUT2D eigenvalue weighted by Crippen LogP contribution is -2.43. The van der Waals surface area contributed by atoms with Crippen LogP contribution >= 0.6 is 15.9 Å². The van der Waals surface area contributed by atoms with E-state index in [1.165, 1.54) is 6.42 Å². The Bertz CT molecular complexity index is 969. The molecule has 0 aliphatic carbocycles. The summed E-state index contributed by atoms with van der Waals surface area (Å²) < 4.78 is 0.910. The van der Waals surface area contributed by atoms with Crippen LogP contribution in [0.3, 0.4) is 0 Å². The Labute approximate surface area is 193 Å². The molecule has 3 heterocycles. The zero-order valence-corrected chi connectivity index (χ0v) is 19.9. The van der Waals surface area contributed by atoms with Crippen LogP contribution in [0.4, 0.5) is 0 Å². The van der Waals surface area contributed by atoms with E-state index in [-0.39, 0.29) is 23.8 Å². The topological polar surface area (TPSA) is 53.5 Å². The van der Waals surface area contributed by atoms with E-state index in [2.05, 4.69) is 22.9 Å². The number of amides is 2. The highest BCUT2D eigenvalue weighted by Gasteiger charge is 2.31. The van der Waals surface area contributed by atoms with Crippen LogP contribution in [0.1, 0.15) is 77.0 Å². The molecule has 2 saturated heterocycles. The molecule has 2 amide bonds. The SMILES string of the molecule is Cc1ccc(C(=O)N2CCCCC2C)c(C2CCN(C(=O)c3cccc(Br)c3)CC2)n1. The van der Waals surface area contributed by atoms with Crippen molar-refractivity contribution >= 4 is 27.7 Å². The number of likely N-dealkylation sites (tertiary alicyclic amines) is 2. The van der Waals surface area contributed by atoms with Crippen LogP contribution < -0.4 is 0 Å². The summed E-state index contributed by atoms with van der Waals surface area (Å²) in [5, 5.41) is 0. The van der Waals surface area contributed by atoms with Crippen LogP contribution in [-0.4, -0.2) is 52.3 Å². The van der Waals surface area contributed by atoms with Gasteiger partial charge in [0.1, 0.15) is 0 Å². The number of aromatic nitrogens is 1. The van der Waals surface area contributed by atoms with Crippen LogP contribution in [-0.2, 0) is 0 Å². The van der Waals surface area contributed by atoms with E-state index in [0.717, 1.165) is 53.7 Å². The fraction of sp³-hybridized carbons (Fsp3) is 0.480. The van der Waals surface area contributed by atoms with Gasteiger partial charge in [-0.05, 0) is 76.3 Å². The number of carbonyl (C=O) groups is 2. The maximum absolute atomic E-state index is 13.4. The van der Waals surface area contributed by atoms with Crippen molar-refractivity contribution in [2.45, 2.75) is 57.9 Å². The number of hydrogen-bond acceptors (Lipinski definition) is 3. The molecule has 0 radical (unpaired) electrons. The molecule has 1 unspecified atom stereocenters. The molecule has 1 aromatic heterocycles. The van der Waals surface area contributed by atoms with E-state index in [4.69, 9.17) is 4.98 Å². The third kappa shape index (κ3) is 4.84. The van der Waals surface area contributed by atoms with Gasteiger partial charge in [-0.2, -0.15) is 0 Å². The number of rotatable bonds is 3.